The summed E-state index contributed by atoms with van der Waals surface area (Å²) in [5, 5.41) is 11.0. The van der Waals surface area contributed by atoms with Crippen LogP contribution in [0.5, 0.6) is 0 Å². The number of hydrogen-bond donors (Lipinski definition) is 0. The summed E-state index contributed by atoms with van der Waals surface area (Å²) < 4.78 is 17.9. The molecule has 0 aromatic heterocycles. The van der Waals surface area contributed by atoms with Gasteiger partial charge in [0.2, 0.25) is 0 Å². The first-order chi connectivity index (χ1) is 25.0. The minimum Gasteiger partial charge on any atom is -0.464 e. The Hall–Kier alpha value is -1.04. The number of hydrogen-bond acceptors (Lipinski definition) is 7. The van der Waals surface area contributed by atoms with E-state index in [-0.39, 0.29) is 11.9 Å². The van der Waals surface area contributed by atoms with Gasteiger partial charge in [-0.2, -0.15) is 5.26 Å². The molecule has 0 aromatic rings. The lowest BCUT2D eigenvalue weighted by Crippen LogP contribution is -2.49. The Morgan fingerprint density at radius 2 is 0.784 bits per heavy atom. The van der Waals surface area contributed by atoms with Gasteiger partial charge in [-0.25, -0.2) is 0 Å². The highest BCUT2D eigenvalue weighted by Gasteiger charge is 2.48. The maximum absolute atomic E-state index is 13.0. The Bertz CT molecular complexity index is 760. The van der Waals surface area contributed by atoms with Crippen molar-refractivity contribution in [1.29, 1.82) is 5.26 Å². The van der Waals surface area contributed by atoms with E-state index in [1.807, 2.05) is 6.92 Å². The van der Waals surface area contributed by atoms with Crippen LogP contribution in [-0.2, 0) is 22.9 Å². The van der Waals surface area contributed by atoms with Crippen molar-refractivity contribution in [1.82, 2.24) is 0 Å². The predicted octanol–water partition coefficient (Wildman–Crippen LogP) is 14.6. The smallest absolute Gasteiger partial charge is 0.464 e. The van der Waals surface area contributed by atoms with E-state index >= 15 is 0 Å². The molecule has 0 atom stereocenters. The zero-order chi connectivity index (χ0) is 37.4. The van der Waals surface area contributed by atoms with Crippen molar-refractivity contribution in [3.05, 3.63) is 0 Å². The molecule has 0 aliphatic carbocycles. The summed E-state index contributed by atoms with van der Waals surface area (Å²) in [4.78, 5) is 26.0. The molecule has 0 aliphatic heterocycles. The first-order valence-corrected chi connectivity index (χ1v) is 25.0. The summed E-state index contributed by atoms with van der Waals surface area (Å²) in [6, 6.07) is 0.419. The van der Waals surface area contributed by atoms with Crippen LogP contribution in [0.2, 0.25) is 6.04 Å². The minimum atomic E-state index is -3.49. The van der Waals surface area contributed by atoms with Gasteiger partial charge in [0.05, 0.1) is 0 Å². The van der Waals surface area contributed by atoms with Gasteiger partial charge < -0.3 is 13.3 Å². The van der Waals surface area contributed by atoms with Crippen LogP contribution in [0.3, 0.4) is 0 Å². The SMILES string of the molecule is CCCCCCCCCCCCCCCCCC(=O)O[Si](CCCCSC#N)(OCC)OC(=O)CCCCCCCCCCCCCCCCC. The molecular weight excluding hydrogens is 671 g/mol. The summed E-state index contributed by atoms with van der Waals surface area (Å²) in [6.07, 6.45) is 40.5. The molecule has 0 aromatic carbocycles. The average molecular weight is 754 g/mol. The molecule has 300 valence electrons. The maximum atomic E-state index is 13.0. The fourth-order valence-corrected chi connectivity index (χ4v) is 9.73. The molecule has 51 heavy (non-hydrogen) atoms. The molecule has 0 amide bonds. The summed E-state index contributed by atoms with van der Waals surface area (Å²) in [7, 11) is -3.49. The quantitative estimate of drug-likeness (QED) is 0.0349. The van der Waals surface area contributed by atoms with Gasteiger partial charge >= 0.3 is 8.80 Å². The molecule has 6 nitrogen and oxygen atoms in total. The van der Waals surface area contributed by atoms with E-state index in [2.05, 4.69) is 19.2 Å². The van der Waals surface area contributed by atoms with Gasteiger partial charge in [-0.05, 0) is 44.4 Å². The summed E-state index contributed by atoms with van der Waals surface area (Å²) in [5.74, 6) is 0.0831. The van der Waals surface area contributed by atoms with Crippen molar-refractivity contribution in [3.63, 3.8) is 0 Å². The highest BCUT2D eigenvalue weighted by atomic mass is 32.2. The maximum Gasteiger partial charge on any atom is 0.636 e. The standard InChI is InChI=1S/C43H83NO5SSi/c1-4-7-9-11-13-15-17-19-21-23-25-27-29-31-33-37-42(45)48-51(47-6-3,40-36-35-39-50-41-44)49-43(46)38-34-32-30-28-26-24-22-20-18-16-14-12-10-8-5-2/h4-40H2,1-3H3. The Labute approximate surface area is 322 Å². The Morgan fingerprint density at radius 1 is 0.471 bits per heavy atom. The number of unbranched alkanes of at least 4 members (excludes halogenated alkanes) is 29. The third-order valence-corrected chi connectivity index (χ3v) is 13.3. The van der Waals surface area contributed by atoms with Crippen LogP contribution in [0.4, 0.5) is 0 Å². The van der Waals surface area contributed by atoms with Crippen LogP contribution in [0, 0.1) is 10.7 Å². The van der Waals surface area contributed by atoms with E-state index in [4.69, 9.17) is 18.5 Å². The molecule has 0 N–H and O–H groups in total. The van der Waals surface area contributed by atoms with Crippen LogP contribution in [0.25, 0.3) is 0 Å². The van der Waals surface area contributed by atoms with E-state index in [1.54, 1.807) is 0 Å². The van der Waals surface area contributed by atoms with Crippen molar-refractivity contribution in [2.45, 2.75) is 245 Å². The fraction of sp³-hybridized carbons (Fsp3) is 0.930. The van der Waals surface area contributed by atoms with E-state index in [1.165, 1.54) is 166 Å². The van der Waals surface area contributed by atoms with E-state index in [0.29, 0.717) is 37.7 Å². The van der Waals surface area contributed by atoms with Gasteiger partial charge in [0.1, 0.15) is 5.40 Å². The van der Waals surface area contributed by atoms with Crippen molar-refractivity contribution in [3.8, 4) is 5.40 Å². The lowest BCUT2D eigenvalue weighted by atomic mass is 10.0. The van der Waals surface area contributed by atoms with Gasteiger partial charge in [0.15, 0.2) is 0 Å². The molecule has 0 aliphatic rings. The third-order valence-electron chi connectivity index (χ3n) is 9.92. The summed E-state index contributed by atoms with van der Waals surface area (Å²) >= 11 is 1.22. The van der Waals surface area contributed by atoms with Gasteiger partial charge in [-0.3, -0.25) is 9.59 Å². The van der Waals surface area contributed by atoms with Crippen LogP contribution in [0.15, 0.2) is 0 Å². The van der Waals surface area contributed by atoms with Crippen LogP contribution < -0.4 is 0 Å². The third kappa shape index (κ3) is 35.7. The summed E-state index contributed by atoms with van der Waals surface area (Å²) in [6.45, 7) is 6.74. The highest BCUT2D eigenvalue weighted by molar-refractivity contribution is 8.03. The van der Waals surface area contributed by atoms with E-state index in [9.17, 15) is 9.59 Å². The van der Waals surface area contributed by atoms with Gasteiger partial charge in [0, 0.05) is 31.2 Å². The lowest BCUT2D eigenvalue weighted by molar-refractivity contribution is -0.146. The number of thioether (sulfide) groups is 1. The second-order valence-corrected chi connectivity index (χ2v) is 18.3. The van der Waals surface area contributed by atoms with Crippen LogP contribution in [0.1, 0.15) is 239 Å². The first kappa shape index (κ1) is 50.0. The molecule has 0 heterocycles. The predicted molar refractivity (Wildman–Crippen MR) is 221 cm³/mol. The number of carbonyl (C=O) groups excluding carboxylic acids is 2. The van der Waals surface area contributed by atoms with Crippen LogP contribution in [-0.4, -0.2) is 33.1 Å². The Morgan fingerprint density at radius 3 is 1.08 bits per heavy atom. The van der Waals surface area contributed by atoms with Crippen molar-refractivity contribution < 1.29 is 22.9 Å². The molecule has 0 rings (SSSR count). The number of nitrogens with zero attached hydrogens (tertiary/aromatic N) is 1. The van der Waals surface area contributed by atoms with Crippen molar-refractivity contribution >= 4 is 32.5 Å². The van der Waals surface area contributed by atoms with E-state index in [0.717, 1.165) is 44.9 Å². The van der Waals surface area contributed by atoms with Gasteiger partial charge in [-0.15, -0.1) is 0 Å². The molecule has 0 saturated carbocycles. The largest absolute Gasteiger partial charge is 0.636 e. The second-order valence-electron chi connectivity index (χ2n) is 14.9. The molecule has 0 saturated heterocycles. The highest BCUT2D eigenvalue weighted by Crippen LogP contribution is 2.24. The minimum absolute atomic E-state index is 0.309. The topological polar surface area (TPSA) is 85.6 Å². The molecular formula is C43H83NO5SSi. The zero-order valence-electron chi connectivity index (χ0n) is 34.1. The summed E-state index contributed by atoms with van der Waals surface area (Å²) in [5.41, 5.74) is 0. The van der Waals surface area contributed by atoms with Crippen molar-refractivity contribution in [2.24, 2.45) is 0 Å². The lowest BCUT2D eigenvalue weighted by Gasteiger charge is -2.28. The first-order valence-electron chi connectivity index (χ1n) is 22.1. The number of rotatable bonds is 41. The second kappa shape index (κ2) is 40.1. The fourth-order valence-electron chi connectivity index (χ4n) is 6.77. The van der Waals surface area contributed by atoms with Gasteiger partial charge in [0.25, 0.3) is 11.9 Å². The van der Waals surface area contributed by atoms with Crippen LogP contribution >= 0.6 is 11.8 Å². The Kier molecular flexibility index (Phi) is 39.3. The Balaban J connectivity index is 4.31. The molecule has 8 heteroatoms. The average Bonchev–Trinajstić information content (AvgIpc) is 3.11. The normalized spacial score (nSPS) is 11.5. The number of carbonyl (C=O) groups is 2. The number of nitriles is 1. The number of thiocyanates is 1. The molecule has 0 spiro atoms. The van der Waals surface area contributed by atoms with E-state index < -0.39 is 8.80 Å². The molecule has 0 radical (unpaired) electrons. The van der Waals surface area contributed by atoms with Gasteiger partial charge in [-0.1, -0.05) is 194 Å². The molecule has 0 fully saturated rings. The molecule has 0 bridgehead atoms. The zero-order valence-corrected chi connectivity index (χ0v) is 35.9. The molecule has 0 unspecified atom stereocenters. The van der Waals surface area contributed by atoms with Crippen molar-refractivity contribution in [2.75, 3.05) is 12.4 Å². The monoisotopic (exact) mass is 754 g/mol.